The van der Waals surface area contributed by atoms with Gasteiger partial charge in [0.1, 0.15) is 10.5 Å². The van der Waals surface area contributed by atoms with Gasteiger partial charge in [-0.15, -0.1) is 11.3 Å². The number of anilines is 1. The van der Waals surface area contributed by atoms with Crippen molar-refractivity contribution in [2.24, 2.45) is 0 Å². The Hall–Kier alpha value is -4.03. The van der Waals surface area contributed by atoms with E-state index in [-0.39, 0.29) is 11.7 Å². The molecule has 0 radical (unpaired) electrons. The second-order valence-corrected chi connectivity index (χ2v) is 10.4. The maximum atomic E-state index is 13.9. The zero-order valence-electron chi connectivity index (χ0n) is 22.4. The molecule has 1 amide bonds. The van der Waals surface area contributed by atoms with Crippen LogP contribution in [-0.2, 0) is 26.5 Å². The van der Waals surface area contributed by atoms with E-state index in [2.05, 4.69) is 9.88 Å². The van der Waals surface area contributed by atoms with Crippen molar-refractivity contribution in [3.05, 3.63) is 94.5 Å². The van der Waals surface area contributed by atoms with Gasteiger partial charge in [-0.25, -0.2) is 14.6 Å². The molecule has 2 unspecified atom stereocenters. The number of aromatic nitrogens is 1. The summed E-state index contributed by atoms with van der Waals surface area (Å²) in [5.74, 6) is -4.37. The molecule has 2 aromatic carbocycles. The normalized spacial score (nSPS) is 19.3. The number of thiazole rings is 1. The number of nitrogens with zero attached hydrogens (tertiary/aromatic N) is 3. The Morgan fingerprint density at radius 1 is 1.05 bits per heavy atom. The molecule has 4 rings (SSSR count). The number of rotatable bonds is 7. The van der Waals surface area contributed by atoms with Crippen molar-refractivity contribution in [3.63, 3.8) is 0 Å². The molecule has 1 fully saturated rings. The van der Waals surface area contributed by atoms with Crippen molar-refractivity contribution in [2.45, 2.75) is 51.0 Å². The van der Waals surface area contributed by atoms with Crippen molar-refractivity contribution in [1.29, 1.82) is 0 Å². The van der Waals surface area contributed by atoms with E-state index in [0.717, 1.165) is 16.2 Å². The maximum absolute atomic E-state index is 13.9. The van der Waals surface area contributed by atoms with Crippen LogP contribution in [0.3, 0.4) is 0 Å². The van der Waals surface area contributed by atoms with Crippen molar-refractivity contribution < 1.29 is 37.8 Å². The van der Waals surface area contributed by atoms with E-state index in [4.69, 9.17) is 10.2 Å². The van der Waals surface area contributed by atoms with E-state index in [1.807, 2.05) is 49.6 Å². The van der Waals surface area contributed by atoms with E-state index in [0.29, 0.717) is 43.1 Å². The minimum absolute atomic E-state index is 0.0598. The number of para-hydroxylation sites is 1. The molecule has 2 atom stereocenters. The standard InChI is InChI=1S/C25H26F3N3OS.C4H4O4/c1-18-17-33-22(29-18)24(31(23(32)25(26,27)28)21-11-7-4-8-12-21)13-14-30(19(2)15-24)16-20-9-5-3-6-10-20;5-3(6)1-2-4(7)8/h3-12,17,19H,13-16H2,1-2H3;1-2H,(H,5,6)(H,7,8). The number of likely N-dealkylation sites (tertiary alicyclic amines) is 1. The van der Waals surface area contributed by atoms with Gasteiger partial charge in [-0.3, -0.25) is 14.6 Å². The van der Waals surface area contributed by atoms with Gasteiger partial charge < -0.3 is 10.2 Å². The number of carbonyl (C=O) groups is 3. The van der Waals surface area contributed by atoms with Crippen LogP contribution in [0.2, 0.25) is 0 Å². The summed E-state index contributed by atoms with van der Waals surface area (Å²) < 4.78 is 41.6. The third-order valence-corrected chi connectivity index (χ3v) is 7.72. The number of hydrogen-bond donors (Lipinski definition) is 2. The summed E-state index contributed by atoms with van der Waals surface area (Å²) in [4.78, 5) is 39.8. The largest absolute Gasteiger partial charge is 0.478 e. The van der Waals surface area contributed by atoms with Crippen LogP contribution in [-0.4, -0.2) is 56.7 Å². The smallest absolute Gasteiger partial charge is 0.471 e. The van der Waals surface area contributed by atoms with Gasteiger partial charge in [0.15, 0.2) is 0 Å². The van der Waals surface area contributed by atoms with E-state index < -0.39 is 29.6 Å². The third kappa shape index (κ3) is 8.24. The minimum atomic E-state index is -5.00. The second-order valence-electron chi connectivity index (χ2n) is 9.57. The highest BCUT2D eigenvalue weighted by atomic mass is 32.1. The Kier molecular flexibility index (Phi) is 10.4. The summed E-state index contributed by atoms with van der Waals surface area (Å²) in [5.41, 5.74) is 0.935. The molecule has 0 bridgehead atoms. The number of carbonyl (C=O) groups excluding carboxylic acids is 1. The number of piperidine rings is 1. The lowest BCUT2D eigenvalue weighted by molar-refractivity contribution is -0.172. The number of amides is 1. The Morgan fingerprint density at radius 3 is 2.07 bits per heavy atom. The zero-order valence-corrected chi connectivity index (χ0v) is 23.2. The fourth-order valence-electron chi connectivity index (χ4n) is 4.79. The number of alkyl halides is 3. The molecule has 3 aromatic rings. The molecule has 12 heteroatoms. The van der Waals surface area contributed by atoms with Gasteiger partial charge in [-0.1, -0.05) is 48.5 Å². The van der Waals surface area contributed by atoms with E-state index in [1.165, 1.54) is 11.3 Å². The van der Waals surface area contributed by atoms with Gasteiger partial charge in [-0.2, -0.15) is 13.2 Å². The molecule has 1 saturated heterocycles. The number of benzene rings is 2. The highest BCUT2D eigenvalue weighted by molar-refractivity contribution is 7.09. The van der Waals surface area contributed by atoms with Crippen LogP contribution in [0.15, 0.2) is 78.2 Å². The lowest BCUT2D eigenvalue weighted by Gasteiger charge is -2.50. The summed E-state index contributed by atoms with van der Waals surface area (Å²) >= 11 is 1.32. The number of hydrogen-bond acceptors (Lipinski definition) is 6. The van der Waals surface area contributed by atoms with Crippen LogP contribution < -0.4 is 4.90 Å². The van der Waals surface area contributed by atoms with Gasteiger partial charge in [0.25, 0.3) is 0 Å². The van der Waals surface area contributed by atoms with Crippen LogP contribution in [0, 0.1) is 6.92 Å². The Labute approximate surface area is 239 Å². The molecule has 218 valence electrons. The first-order valence-electron chi connectivity index (χ1n) is 12.6. The van der Waals surface area contributed by atoms with Crippen LogP contribution in [0.25, 0.3) is 0 Å². The lowest BCUT2D eigenvalue weighted by Crippen LogP contribution is -2.60. The van der Waals surface area contributed by atoms with Crippen LogP contribution in [0.5, 0.6) is 0 Å². The first kappa shape index (κ1) is 31.5. The Balaban J connectivity index is 0.000000507. The summed E-state index contributed by atoms with van der Waals surface area (Å²) in [6.07, 6.45) is -3.18. The summed E-state index contributed by atoms with van der Waals surface area (Å²) in [5, 5.41) is 18.0. The molecule has 1 aromatic heterocycles. The number of aryl methyl sites for hydroxylation is 1. The molecule has 0 saturated carbocycles. The predicted octanol–water partition coefficient (Wildman–Crippen LogP) is 5.64. The van der Waals surface area contributed by atoms with Crippen LogP contribution in [0.1, 0.15) is 36.0 Å². The molecule has 0 spiro atoms. The van der Waals surface area contributed by atoms with E-state index >= 15 is 0 Å². The fraction of sp³-hybridized carbons (Fsp3) is 0.310. The van der Waals surface area contributed by atoms with Crippen LogP contribution in [0.4, 0.5) is 18.9 Å². The van der Waals surface area contributed by atoms with Crippen molar-refractivity contribution in [3.8, 4) is 0 Å². The molecule has 8 nitrogen and oxygen atoms in total. The van der Waals surface area contributed by atoms with E-state index in [1.54, 1.807) is 30.3 Å². The quantitative estimate of drug-likeness (QED) is 0.343. The topological polar surface area (TPSA) is 111 Å². The first-order valence-corrected chi connectivity index (χ1v) is 13.5. The second kappa shape index (κ2) is 13.6. The van der Waals surface area contributed by atoms with Gasteiger partial charge >= 0.3 is 24.0 Å². The lowest BCUT2D eigenvalue weighted by atomic mass is 9.81. The monoisotopic (exact) mass is 589 g/mol. The average molecular weight is 590 g/mol. The maximum Gasteiger partial charge on any atom is 0.471 e. The highest BCUT2D eigenvalue weighted by Gasteiger charge is 2.54. The fourth-order valence-corrected chi connectivity index (χ4v) is 5.82. The average Bonchev–Trinajstić information content (AvgIpc) is 3.37. The molecular formula is C29H30F3N3O5S. The minimum Gasteiger partial charge on any atom is -0.478 e. The molecule has 1 aliphatic heterocycles. The molecule has 0 aliphatic carbocycles. The SMILES string of the molecule is Cc1csc(C2(N(C(=O)C(F)(F)F)c3ccccc3)CCN(Cc3ccccc3)C(C)C2)n1.O=C(O)C=CC(=O)O. The molecule has 1 aliphatic rings. The number of carboxylic acids is 2. The van der Waals surface area contributed by atoms with Gasteiger partial charge in [0.05, 0.1) is 0 Å². The number of aliphatic carboxylic acids is 2. The molecular weight excluding hydrogens is 559 g/mol. The zero-order chi connectivity index (χ0) is 30.2. The van der Waals surface area contributed by atoms with Gasteiger partial charge in [0, 0.05) is 48.0 Å². The highest BCUT2D eigenvalue weighted by Crippen LogP contribution is 2.46. The van der Waals surface area contributed by atoms with Gasteiger partial charge in [0.2, 0.25) is 0 Å². The van der Waals surface area contributed by atoms with Crippen molar-refractivity contribution in [1.82, 2.24) is 9.88 Å². The van der Waals surface area contributed by atoms with Crippen LogP contribution >= 0.6 is 11.3 Å². The van der Waals surface area contributed by atoms with Gasteiger partial charge in [-0.05, 0) is 44.4 Å². The summed E-state index contributed by atoms with van der Waals surface area (Å²) in [6, 6.07) is 18.1. The molecule has 2 N–H and O–H groups in total. The number of halogens is 3. The molecule has 41 heavy (non-hydrogen) atoms. The summed E-state index contributed by atoms with van der Waals surface area (Å²) in [6.45, 7) is 5.08. The van der Waals surface area contributed by atoms with Crippen molar-refractivity contribution in [2.75, 3.05) is 11.4 Å². The Morgan fingerprint density at radius 2 is 1.61 bits per heavy atom. The summed E-state index contributed by atoms with van der Waals surface area (Å²) in [7, 11) is 0. The Bertz CT molecular complexity index is 1350. The van der Waals surface area contributed by atoms with Crippen molar-refractivity contribution >= 4 is 34.9 Å². The molecule has 2 heterocycles. The number of carboxylic acid groups (broad SMARTS) is 2. The predicted molar refractivity (Wildman–Crippen MR) is 148 cm³/mol. The van der Waals surface area contributed by atoms with E-state index in [9.17, 15) is 27.6 Å². The third-order valence-electron chi connectivity index (χ3n) is 6.57. The first-order chi connectivity index (χ1) is 19.3.